The van der Waals surface area contributed by atoms with E-state index in [0.29, 0.717) is 0 Å². The lowest BCUT2D eigenvalue weighted by Crippen LogP contribution is -2.16. The van der Waals surface area contributed by atoms with Crippen LogP contribution >= 0.6 is 12.4 Å². The van der Waals surface area contributed by atoms with Crippen molar-refractivity contribution in [1.82, 2.24) is 10.3 Å². The third-order valence-corrected chi connectivity index (χ3v) is 4.50. The molecule has 0 aliphatic carbocycles. The van der Waals surface area contributed by atoms with Gasteiger partial charge in [-0.05, 0) is 47.9 Å². The number of hydrogen-bond donors (Lipinski definition) is 2. The Hall–Kier alpha value is -1.97. The van der Waals surface area contributed by atoms with Crippen LogP contribution in [-0.4, -0.2) is 25.2 Å². The molecule has 0 fully saturated rings. The number of rotatable bonds is 2. The van der Waals surface area contributed by atoms with Crippen molar-refractivity contribution in [2.45, 2.75) is 12.8 Å². The summed E-state index contributed by atoms with van der Waals surface area (Å²) in [6, 6.07) is 14.8. The summed E-state index contributed by atoms with van der Waals surface area (Å²) in [6.07, 6.45) is 2.15. The third kappa shape index (κ3) is 2.82. The first-order chi connectivity index (χ1) is 10.9. The van der Waals surface area contributed by atoms with Gasteiger partial charge in [0.25, 0.3) is 0 Å². The van der Waals surface area contributed by atoms with E-state index in [9.17, 15) is 0 Å². The molecule has 0 atom stereocenters. The van der Waals surface area contributed by atoms with Crippen LogP contribution in [0.3, 0.4) is 0 Å². The van der Waals surface area contributed by atoms with Gasteiger partial charge in [0, 0.05) is 29.6 Å². The Balaban J connectivity index is 0.00000156. The molecule has 2 N–H and O–H groups in total. The minimum Gasteiger partial charge on any atom is -0.497 e. The molecule has 4 rings (SSSR count). The minimum atomic E-state index is 0. The fourth-order valence-corrected chi connectivity index (χ4v) is 3.44. The van der Waals surface area contributed by atoms with E-state index >= 15 is 0 Å². The summed E-state index contributed by atoms with van der Waals surface area (Å²) in [5.41, 5.74) is 6.60. The second kappa shape index (κ2) is 6.65. The summed E-state index contributed by atoms with van der Waals surface area (Å²) in [7, 11) is 1.72. The molecule has 0 saturated carbocycles. The smallest absolute Gasteiger partial charge is 0.119 e. The average molecular weight is 329 g/mol. The number of hydrogen-bond acceptors (Lipinski definition) is 2. The normalized spacial score (nSPS) is 14.0. The molecule has 3 aromatic rings. The number of aromatic nitrogens is 1. The molecule has 0 bridgehead atoms. The van der Waals surface area contributed by atoms with Gasteiger partial charge < -0.3 is 15.0 Å². The first-order valence-corrected chi connectivity index (χ1v) is 7.84. The Labute approximate surface area is 142 Å². The van der Waals surface area contributed by atoms with E-state index in [1.54, 1.807) is 7.11 Å². The van der Waals surface area contributed by atoms with Crippen molar-refractivity contribution in [3.63, 3.8) is 0 Å². The Kier molecular flexibility index (Phi) is 4.60. The van der Waals surface area contributed by atoms with E-state index in [0.717, 1.165) is 31.7 Å². The Morgan fingerprint density at radius 3 is 2.70 bits per heavy atom. The van der Waals surface area contributed by atoms with Crippen molar-refractivity contribution in [3.8, 4) is 16.9 Å². The molecule has 1 aliphatic rings. The van der Waals surface area contributed by atoms with Crippen molar-refractivity contribution in [3.05, 3.63) is 53.7 Å². The molecule has 4 heteroatoms. The summed E-state index contributed by atoms with van der Waals surface area (Å²) in [5.74, 6) is 0.901. The van der Waals surface area contributed by atoms with Crippen LogP contribution in [0.4, 0.5) is 0 Å². The van der Waals surface area contributed by atoms with Crippen LogP contribution in [-0.2, 0) is 12.8 Å². The maximum absolute atomic E-state index is 5.38. The van der Waals surface area contributed by atoms with Gasteiger partial charge in [-0.3, -0.25) is 0 Å². The Bertz CT molecular complexity index is 825. The highest BCUT2D eigenvalue weighted by molar-refractivity contribution is 5.98. The van der Waals surface area contributed by atoms with E-state index in [1.807, 2.05) is 6.07 Å². The summed E-state index contributed by atoms with van der Waals surface area (Å²) in [6.45, 7) is 2.10. The molecule has 1 aromatic heterocycles. The van der Waals surface area contributed by atoms with Crippen molar-refractivity contribution >= 4 is 23.3 Å². The van der Waals surface area contributed by atoms with Crippen molar-refractivity contribution in [1.29, 1.82) is 0 Å². The number of methoxy groups -OCH3 is 1. The fourth-order valence-electron chi connectivity index (χ4n) is 3.44. The van der Waals surface area contributed by atoms with Gasteiger partial charge in [0.15, 0.2) is 0 Å². The second-order valence-electron chi connectivity index (χ2n) is 5.79. The standard InChI is InChI=1S/C19H20N2O.ClH/c1-22-14-5-2-4-13(12-14)15-6-3-7-18-19(15)16-8-10-20-11-9-17(16)21-18;/h2-7,12,20-21H,8-11H2,1H3;1H. The van der Waals surface area contributed by atoms with Crippen molar-refractivity contribution in [2.75, 3.05) is 20.2 Å². The van der Waals surface area contributed by atoms with Crippen LogP contribution in [0.25, 0.3) is 22.0 Å². The number of fused-ring (bicyclic) bond motifs is 3. The Morgan fingerprint density at radius 1 is 1.00 bits per heavy atom. The highest BCUT2D eigenvalue weighted by Gasteiger charge is 2.17. The maximum atomic E-state index is 5.38. The van der Waals surface area contributed by atoms with Crippen LogP contribution in [0, 0.1) is 0 Å². The third-order valence-electron chi connectivity index (χ3n) is 4.50. The summed E-state index contributed by atoms with van der Waals surface area (Å²) >= 11 is 0. The van der Waals surface area contributed by atoms with E-state index < -0.39 is 0 Å². The number of aromatic amines is 1. The quantitative estimate of drug-likeness (QED) is 0.747. The van der Waals surface area contributed by atoms with Crippen LogP contribution in [0.5, 0.6) is 5.75 Å². The molecule has 120 valence electrons. The van der Waals surface area contributed by atoms with E-state index in [1.165, 1.54) is 33.3 Å². The zero-order chi connectivity index (χ0) is 14.9. The first-order valence-electron chi connectivity index (χ1n) is 7.84. The van der Waals surface area contributed by atoms with Gasteiger partial charge in [-0.25, -0.2) is 0 Å². The summed E-state index contributed by atoms with van der Waals surface area (Å²) in [5, 5.41) is 4.85. The number of nitrogens with one attached hydrogen (secondary N) is 2. The van der Waals surface area contributed by atoms with Crippen LogP contribution < -0.4 is 10.1 Å². The number of ether oxygens (including phenoxy) is 1. The molecule has 0 saturated heterocycles. The molecular weight excluding hydrogens is 308 g/mol. The molecule has 3 nitrogen and oxygen atoms in total. The lowest BCUT2D eigenvalue weighted by Gasteiger charge is -2.08. The average Bonchev–Trinajstić information content (AvgIpc) is 2.76. The zero-order valence-corrected chi connectivity index (χ0v) is 14.0. The Morgan fingerprint density at radius 2 is 1.83 bits per heavy atom. The van der Waals surface area contributed by atoms with Crippen LogP contribution in [0.2, 0.25) is 0 Å². The van der Waals surface area contributed by atoms with E-state index in [2.05, 4.69) is 46.7 Å². The van der Waals surface area contributed by atoms with Crippen LogP contribution in [0.1, 0.15) is 11.3 Å². The summed E-state index contributed by atoms with van der Waals surface area (Å²) < 4.78 is 5.38. The predicted octanol–water partition coefficient (Wildman–Crippen LogP) is 3.95. The lowest BCUT2D eigenvalue weighted by atomic mass is 9.97. The minimum absolute atomic E-state index is 0. The topological polar surface area (TPSA) is 37.0 Å². The second-order valence-corrected chi connectivity index (χ2v) is 5.79. The molecule has 23 heavy (non-hydrogen) atoms. The molecule has 0 spiro atoms. The van der Waals surface area contributed by atoms with Gasteiger partial charge in [-0.2, -0.15) is 0 Å². The predicted molar refractivity (Wildman–Crippen MR) is 97.8 cm³/mol. The maximum Gasteiger partial charge on any atom is 0.119 e. The number of benzene rings is 2. The van der Waals surface area contributed by atoms with Gasteiger partial charge in [-0.1, -0.05) is 24.3 Å². The van der Waals surface area contributed by atoms with Gasteiger partial charge in [0.05, 0.1) is 7.11 Å². The van der Waals surface area contributed by atoms with Crippen molar-refractivity contribution in [2.24, 2.45) is 0 Å². The largest absolute Gasteiger partial charge is 0.497 e. The summed E-state index contributed by atoms with van der Waals surface area (Å²) in [4.78, 5) is 3.62. The highest BCUT2D eigenvalue weighted by Crippen LogP contribution is 2.35. The molecule has 0 amide bonds. The van der Waals surface area contributed by atoms with Gasteiger partial charge >= 0.3 is 0 Å². The number of H-pyrrole nitrogens is 1. The van der Waals surface area contributed by atoms with E-state index in [4.69, 9.17) is 4.74 Å². The van der Waals surface area contributed by atoms with Crippen molar-refractivity contribution < 1.29 is 4.74 Å². The fraction of sp³-hybridized carbons (Fsp3) is 0.263. The molecule has 0 unspecified atom stereocenters. The first kappa shape index (κ1) is 15.9. The molecule has 2 heterocycles. The van der Waals surface area contributed by atoms with Gasteiger partial charge in [0.1, 0.15) is 5.75 Å². The molecular formula is C19H21ClN2O. The lowest BCUT2D eigenvalue weighted by molar-refractivity contribution is 0.415. The van der Waals surface area contributed by atoms with Crippen LogP contribution in [0.15, 0.2) is 42.5 Å². The molecule has 1 aliphatic heterocycles. The zero-order valence-electron chi connectivity index (χ0n) is 13.2. The van der Waals surface area contributed by atoms with E-state index in [-0.39, 0.29) is 12.4 Å². The van der Waals surface area contributed by atoms with Gasteiger partial charge in [0.2, 0.25) is 0 Å². The monoisotopic (exact) mass is 328 g/mol. The van der Waals surface area contributed by atoms with Gasteiger partial charge in [-0.15, -0.1) is 12.4 Å². The molecule has 2 aromatic carbocycles. The number of halogens is 1. The SMILES string of the molecule is COc1cccc(-c2cccc3[nH]c4c(c23)CCNCC4)c1.Cl. The molecule has 0 radical (unpaired) electrons. The highest BCUT2D eigenvalue weighted by atomic mass is 35.5.